The third kappa shape index (κ3) is 3.28. The summed E-state index contributed by atoms with van der Waals surface area (Å²) in [7, 11) is 0. The van der Waals surface area contributed by atoms with E-state index in [1.807, 2.05) is 6.07 Å². The zero-order chi connectivity index (χ0) is 16.2. The first-order valence-corrected chi connectivity index (χ1v) is 7.64. The van der Waals surface area contributed by atoms with E-state index in [-0.39, 0.29) is 17.3 Å². The Morgan fingerprint density at radius 1 is 1.43 bits per heavy atom. The molecule has 1 atom stereocenters. The first-order valence-electron chi connectivity index (χ1n) is 7.64. The highest BCUT2D eigenvalue weighted by molar-refractivity contribution is 5.93. The van der Waals surface area contributed by atoms with Crippen molar-refractivity contribution in [1.29, 1.82) is 0 Å². The van der Waals surface area contributed by atoms with Gasteiger partial charge in [0.15, 0.2) is 0 Å². The minimum absolute atomic E-state index is 0.131. The highest BCUT2D eigenvalue weighted by Gasteiger charge is 2.21. The van der Waals surface area contributed by atoms with Gasteiger partial charge in [-0.3, -0.25) is 9.98 Å². The molecule has 5 heteroatoms. The topological polar surface area (TPSA) is 62.5 Å². The van der Waals surface area contributed by atoms with Crippen molar-refractivity contribution in [3.05, 3.63) is 59.2 Å². The quantitative estimate of drug-likeness (QED) is 0.863. The van der Waals surface area contributed by atoms with Gasteiger partial charge in [0.2, 0.25) is 0 Å². The van der Waals surface area contributed by atoms with E-state index in [2.05, 4.69) is 9.98 Å². The van der Waals surface area contributed by atoms with Crippen LogP contribution >= 0.6 is 0 Å². The van der Waals surface area contributed by atoms with Crippen LogP contribution < -0.4 is 0 Å². The summed E-state index contributed by atoms with van der Waals surface area (Å²) in [6, 6.07) is 6.65. The number of fused-ring (bicyclic) bond motifs is 1. The van der Waals surface area contributed by atoms with Crippen LogP contribution in [0.3, 0.4) is 0 Å². The van der Waals surface area contributed by atoms with E-state index in [1.165, 1.54) is 24.5 Å². The molecule has 0 saturated carbocycles. The third-order valence-corrected chi connectivity index (χ3v) is 4.23. The number of carboxylic acids is 1. The fraction of sp³-hybridized carbons (Fsp3) is 0.278. The van der Waals surface area contributed by atoms with Gasteiger partial charge in [-0.05, 0) is 54.9 Å². The third-order valence-electron chi connectivity index (χ3n) is 4.23. The summed E-state index contributed by atoms with van der Waals surface area (Å²) in [4.78, 5) is 19.3. The largest absolute Gasteiger partial charge is 0.478 e. The zero-order valence-electron chi connectivity index (χ0n) is 12.6. The second-order valence-electron chi connectivity index (χ2n) is 5.64. The molecule has 1 aliphatic rings. The molecule has 2 aromatic rings. The predicted molar refractivity (Wildman–Crippen MR) is 86.0 cm³/mol. The van der Waals surface area contributed by atoms with Gasteiger partial charge in [-0.2, -0.15) is 0 Å². The summed E-state index contributed by atoms with van der Waals surface area (Å²) < 4.78 is 13.9. The van der Waals surface area contributed by atoms with Crippen LogP contribution in [0.1, 0.15) is 46.7 Å². The molecule has 1 unspecified atom stereocenters. The van der Waals surface area contributed by atoms with Crippen LogP contribution in [0.25, 0.3) is 0 Å². The molecule has 0 spiro atoms. The van der Waals surface area contributed by atoms with Gasteiger partial charge < -0.3 is 5.11 Å². The van der Waals surface area contributed by atoms with Gasteiger partial charge in [-0.25, -0.2) is 9.18 Å². The lowest BCUT2D eigenvalue weighted by Gasteiger charge is -2.24. The summed E-state index contributed by atoms with van der Waals surface area (Å²) in [6.07, 6.45) is 7.97. The van der Waals surface area contributed by atoms with E-state index in [9.17, 15) is 9.18 Å². The molecule has 4 nitrogen and oxygen atoms in total. The molecule has 0 bridgehead atoms. The standard InChI is InChI=1S/C18H17FN2O2/c19-16-6-2-4-13-12(3-1-5-14(13)16)7-10-21-17-11-20-9-8-15(17)18(22)23/h2,4,6,8-12H,1,3,5,7H2,(H,22,23). The molecule has 3 rings (SSSR count). The number of carboxylic acid groups (broad SMARTS) is 1. The van der Waals surface area contributed by atoms with E-state index >= 15 is 0 Å². The predicted octanol–water partition coefficient (Wildman–Crippen LogP) is 4.13. The fourth-order valence-electron chi connectivity index (χ4n) is 3.10. The van der Waals surface area contributed by atoms with Crippen LogP contribution in [0.5, 0.6) is 0 Å². The van der Waals surface area contributed by atoms with E-state index in [4.69, 9.17) is 5.11 Å². The van der Waals surface area contributed by atoms with Crippen LogP contribution in [0, 0.1) is 5.82 Å². The molecule has 1 aromatic heterocycles. The smallest absolute Gasteiger partial charge is 0.338 e. The van der Waals surface area contributed by atoms with Crippen molar-refractivity contribution >= 4 is 17.9 Å². The Bertz CT molecular complexity index is 758. The Morgan fingerprint density at radius 2 is 2.30 bits per heavy atom. The molecule has 0 saturated heterocycles. The van der Waals surface area contributed by atoms with E-state index in [0.29, 0.717) is 12.1 Å². The number of nitrogens with zero attached hydrogens (tertiary/aromatic N) is 2. The first-order chi connectivity index (χ1) is 11.2. The van der Waals surface area contributed by atoms with Gasteiger partial charge in [0.05, 0.1) is 17.4 Å². The van der Waals surface area contributed by atoms with Gasteiger partial charge in [0.25, 0.3) is 0 Å². The van der Waals surface area contributed by atoms with Gasteiger partial charge in [-0.1, -0.05) is 12.1 Å². The van der Waals surface area contributed by atoms with Gasteiger partial charge in [0.1, 0.15) is 5.82 Å². The lowest BCUT2D eigenvalue weighted by atomic mass is 9.81. The molecule has 0 radical (unpaired) electrons. The molecule has 1 aromatic carbocycles. The minimum atomic E-state index is -1.02. The molecule has 0 amide bonds. The summed E-state index contributed by atoms with van der Waals surface area (Å²) in [5, 5.41) is 9.13. The van der Waals surface area contributed by atoms with Gasteiger partial charge >= 0.3 is 5.97 Å². The molecule has 0 aliphatic heterocycles. The van der Waals surface area contributed by atoms with Crippen molar-refractivity contribution in [3.8, 4) is 0 Å². The van der Waals surface area contributed by atoms with Gasteiger partial charge in [-0.15, -0.1) is 0 Å². The number of hydrogen-bond acceptors (Lipinski definition) is 3. The summed E-state index contributed by atoms with van der Waals surface area (Å²) in [5.41, 5.74) is 2.33. The maximum absolute atomic E-state index is 13.9. The number of carbonyl (C=O) groups is 1. The van der Waals surface area contributed by atoms with Crippen molar-refractivity contribution in [2.75, 3.05) is 0 Å². The van der Waals surface area contributed by atoms with Crippen LogP contribution in [0.2, 0.25) is 0 Å². The van der Waals surface area contributed by atoms with Crippen LogP contribution in [0.15, 0.2) is 41.7 Å². The summed E-state index contributed by atoms with van der Waals surface area (Å²) in [6.45, 7) is 0. The van der Waals surface area contributed by atoms with E-state index in [1.54, 1.807) is 12.3 Å². The minimum Gasteiger partial charge on any atom is -0.478 e. The number of pyridine rings is 1. The maximum atomic E-state index is 13.9. The molecular weight excluding hydrogens is 295 g/mol. The Hall–Kier alpha value is -2.56. The van der Waals surface area contributed by atoms with Crippen molar-refractivity contribution in [2.24, 2.45) is 4.99 Å². The summed E-state index contributed by atoms with van der Waals surface area (Å²) in [5.74, 6) is -0.933. The molecule has 0 fully saturated rings. The number of aromatic carboxylic acids is 1. The Balaban J connectivity index is 1.78. The second-order valence-corrected chi connectivity index (χ2v) is 5.64. The Morgan fingerprint density at radius 3 is 3.13 bits per heavy atom. The van der Waals surface area contributed by atoms with Crippen LogP contribution in [0.4, 0.5) is 10.1 Å². The first kappa shape index (κ1) is 15.3. The molecule has 23 heavy (non-hydrogen) atoms. The number of hydrogen-bond donors (Lipinski definition) is 1. The zero-order valence-corrected chi connectivity index (χ0v) is 12.6. The lowest BCUT2D eigenvalue weighted by Crippen LogP contribution is -2.11. The van der Waals surface area contributed by atoms with Crippen molar-refractivity contribution in [1.82, 2.24) is 4.98 Å². The lowest BCUT2D eigenvalue weighted by molar-refractivity contribution is 0.0697. The molecule has 1 heterocycles. The average Bonchev–Trinajstić information content (AvgIpc) is 2.56. The van der Waals surface area contributed by atoms with E-state index in [0.717, 1.165) is 30.4 Å². The fourth-order valence-corrected chi connectivity index (χ4v) is 3.10. The molecule has 1 aliphatic carbocycles. The van der Waals surface area contributed by atoms with Crippen LogP contribution in [-0.4, -0.2) is 22.3 Å². The monoisotopic (exact) mass is 312 g/mol. The van der Waals surface area contributed by atoms with Crippen molar-refractivity contribution in [3.63, 3.8) is 0 Å². The maximum Gasteiger partial charge on any atom is 0.338 e. The Labute approximate surface area is 133 Å². The number of benzene rings is 1. The van der Waals surface area contributed by atoms with Crippen molar-refractivity contribution in [2.45, 2.75) is 31.6 Å². The highest BCUT2D eigenvalue weighted by Crippen LogP contribution is 2.34. The highest BCUT2D eigenvalue weighted by atomic mass is 19.1. The van der Waals surface area contributed by atoms with Crippen molar-refractivity contribution < 1.29 is 14.3 Å². The molecule has 118 valence electrons. The van der Waals surface area contributed by atoms with E-state index < -0.39 is 5.97 Å². The molecule has 1 N–H and O–H groups in total. The SMILES string of the molecule is O=C(O)c1ccncc1N=CCC1CCCc2c(F)cccc21. The second kappa shape index (κ2) is 6.69. The summed E-state index contributed by atoms with van der Waals surface area (Å²) >= 11 is 0. The number of aromatic nitrogens is 1. The average molecular weight is 312 g/mol. The number of aliphatic imine (C=N–C) groups is 1. The molecular formula is C18H17FN2O2. The van der Waals surface area contributed by atoms with Gasteiger partial charge in [0, 0.05) is 12.4 Å². The van der Waals surface area contributed by atoms with Crippen LogP contribution in [-0.2, 0) is 6.42 Å². The normalized spacial score (nSPS) is 17.2. The number of halogens is 1. The Kier molecular flexibility index (Phi) is 4.46. The number of rotatable bonds is 4.